The maximum Gasteiger partial charge on any atom is 0.219 e. The van der Waals surface area contributed by atoms with Crippen molar-refractivity contribution in [2.24, 2.45) is 5.92 Å². The molecule has 2 fully saturated rings. The van der Waals surface area contributed by atoms with Gasteiger partial charge < -0.3 is 10.2 Å². The van der Waals surface area contributed by atoms with Gasteiger partial charge in [0, 0.05) is 25.4 Å². The number of carbonyl (C=O) groups is 1. The molecule has 1 aromatic carbocycles. The molecule has 2 saturated heterocycles. The van der Waals surface area contributed by atoms with Crippen LogP contribution in [0.5, 0.6) is 0 Å². The lowest BCUT2D eigenvalue weighted by molar-refractivity contribution is -0.131. The molecule has 3 nitrogen and oxygen atoms in total. The van der Waals surface area contributed by atoms with Gasteiger partial charge in [-0.2, -0.15) is 0 Å². The van der Waals surface area contributed by atoms with Crippen LogP contribution >= 0.6 is 0 Å². The highest BCUT2D eigenvalue weighted by atomic mass is 16.2. The van der Waals surface area contributed by atoms with Crippen LogP contribution in [0.1, 0.15) is 38.2 Å². The third kappa shape index (κ3) is 2.84. The number of nitrogens with zero attached hydrogens (tertiary/aromatic N) is 1. The van der Waals surface area contributed by atoms with Gasteiger partial charge in [0.1, 0.15) is 0 Å². The summed E-state index contributed by atoms with van der Waals surface area (Å²) in [7, 11) is 0. The minimum absolute atomic E-state index is 0.160. The van der Waals surface area contributed by atoms with Crippen LogP contribution < -0.4 is 5.32 Å². The number of amides is 1. The number of hydrogen-bond donors (Lipinski definition) is 1. The second-order valence-corrected chi connectivity index (χ2v) is 6.59. The van der Waals surface area contributed by atoms with Crippen LogP contribution in [0.25, 0.3) is 0 Å². The maximum absolute atomic E-state index is 11.9. The fourth-order valence-corrected chi connectivity index (χ4v) is 4.30. The molecular weight excluding hydrogens is 260 g/mol. The van der Waals surface area contributed by atoms with Crippen molar-refractivity contribution in [1.29, 1.82) is 0 Å². The molecule has 1 atom stereocenters. The zero-order valence-electron chi connectivity index (χ0n) is 13.0. The van der Waals surface area contributed by atoms with Crippen LogP contribution in [-0.4, -0.2) is 37.0 Å². The molecule has 0 saturated carbocycles. The zero-order valence-corrected chi connectivity index (χ0v) is 13.0. The van der Waals surface area contributed by atoms with E-state index in [0.29, 0.717) is 5.92 Å². The molecule has 3 rings (SSSR count). The summed E-state index contributed by atoms with van der Waals surface area (Å²) in [5.74, 6) is 0.909. The predicted molar refractivity (Wildman–Crippen MR) is 85.2 cm³/mol. The summed E-state index contributed by atoms with van der Waals surface area (Å²) < 4.78 is 0. The number of benzene rings is 1. The van der Waals surface area contributed by atoms with Gasteiger partial charge in [0.15, 0.2) is 0 Å². The average Bonchev–Trinajstić information content (AvgIpc) is 2.56. The van der Waals surface area contributed by atoms with Gasteiger partial charge in [0.2, 0.25) is 5.91 Å². The lowest BCUT2D eigenvalue weighted by Gasteiger charge is -2.49. The maximum atomic E-state index is 11.9. The van der Waals surface area contributed by atoms with Gasteiger partial charge in [-0.3, -0.25) is 4.79 Å². The van der Waals surface area contributed by atoms with Crippen molar-refractivity contribution in [2.75, 3.05) is 26.2 Å². The molecule has 1 aromatic rings. The Balaban J connectivity index is 1.95. The summed E-state index contributed by atoms with van der Waals surface area (Å²) >= 11 is 0. The SMILES string of the molecule is CC(=O)N1CCCC(c2ccccc2)(C2CCNCC2)C1. The molecule has 1 amide bonds. The highest BCUT2D eigenvalue weighted by Crippen LogP contribution is 2.44. The molecule has 1 unspecified atom stereocenters. The van der Waals surface area contributed by atoms with E-state index in [9.17, 15) is 4.79 Å². The molecule has 0 bridgehead atoms. The first-order chi connectivity index (χ1) is 10.2. The Bertz CT molecular complexity index is 481. The largest absolute Gasteiger partial charge is 0.342 e. The molecule has 2 aliphatic heterocycles. The summed E-state index contributed by atoms with van der Waals surface area (Å²) in [4.78, 5) is 14.0. The van der Waals surface area contributed by atoms with Gasteiger partial charge in [-0.25, -0.2) is 0 Å². The van der Waals surface area contributed by atoms with E-state index in [-0.39, 0.29) is 11.3 Å². The number of hydrogen-bond acceptors (Lipinski definition) is 2. The number of piperidine rings is 2. The van der Waals surface area contributed by atoms with Gasteiger partial charge in [-0.05, 0) is 50.3 Å². The number of likely N-dealkylation sites (tertiary alicyclic amines) is 1. The van der Waals surface area contributed by atoms with Crippen molar-refractivity contribution in [3.8, 4) is 0 Å². The first-order valence-corrected chi connectivity index (χ1v) is 8.24. The Morgan fingerprint density at radius 1 is 1.24 bits per heavy atom. The van der Waals surface area contributed by atoms with E-state index in [2.05, 4.69) is 40.5 Å². The van der Waals surface area contributed by atoms with Crippen LogP contribution in [0, 0.1) is 5.92 Å². The molecule has 0 aromatic heterocycles. The summed E-state index contributed by atoms with van der Waals surface area (Å²) in [6.45, 7) is 5.76. The van der Waals surface area contributed by atoms with Crippen molar-refractivity contribution < 1.29 is 4.79 Å². The Morgan fingerprint density at radius 3 is 2.62 bits per heavy atom. The average molecular weight is 286 g/mol. The van der Waals surface area contributed by atoms with E-state index < -0.39 is 0 Å². The summed E-state index contributed by atoms with van der Waals surface area (Å²) in [5, 5.41) is 3.48. The van der Waals surface area contributed by atoms with E-state index in [4.69, 9.17) is 0 Å². The second kappa shape index (κ2) is 6.18. The molecule has 2 aliphatic rings. The predicted octanol–water partition coefficient (Wildman–Crippen LogP) is 2.57. The van der Waals surface area contributed by atoms with Crippen LogP contribution in [0.4, 0.5) is 0 Å². The first-order valence-electron chi connectivity index (χ1n) is 8.24. The lowest BCUT2D eigenvalue weighted by Crippen LogP contribution is -2.53. The van der Waals surface area contributed by atoms with Crippen molar-refractivity contribution in [2.45, 2.75) is 38.0 Å². The van der Waals surface area contributed by atoms with Gasteiger partial charge in [-0.15, -0.1) is 0 Å². The quantitative estimate of drug-likeness (QED) is 0.906. The van der Waals surface area contributed by atoms with Gasteiger partial charge in [0.05, 0.1) is 0 Å². The summed E-state index contributed by atoms with van der Waals surface area (Å²) in [6.07, 6.45) is 4.78. The minimum Gasteiger partial charge on any atom is -0.342 e. The van der Waals surface area contributed by atoms with Crippen LogP contribution in [0.2, 0.25) is 0 Å². The molecule has 0 radical (unpaired) electrons. The van der Waals surface area contributed by atoms with Crippen molar-refractivity contribution in [3.63, 3.8) is 0 Å². The molecule has 1 N–H and O–H groups in total. The standard InChI is InChI=1S/C18H26N2O/c1-15(21)20-13-5-10-18(14-20,16-6-3-2-4-7-16)17-8-11-19-12-9-17/h2-4,6-7,17,19H,5,8-14H2,1H3. The first kappa shape index (κ1) is 14.6. The normalized spacial score (nSPS) is 27.6. The van der Waals surface area contributed by atoms with Crippen LogP contribution in [0.3, 0.4) is 0 Å². The minimum atomic E-state index is 0.160. The van der Waals surface area contributed by atoms with E-state index >= 15 is 0 Å². The van der Waals surface area contributed by atoms with Crippen molar-refractivity contribution in [1.82, 2.24) is 10.2 Å². The Morgan fingerprint density at radius 2 is 1.95 bits per heavy atom. The summed E-state index contributed by atoms with van der Waals surface area (Å²) in [5.41, 5.74) is 1.59. The van der Waals surface area contributed by atoms with Gasteiger partial charge in [-0.1, -0.05) is 30.3 Å². The van der Waals surface area contributed by atoms with E-state index in [1.165, 1.54) is 24.8 Å². The molecule has 2 heterocycles. The van der Waals surface area contributed by atoms with Gasteiger partial charge in [0.25, 0.3) is 0 Å². The van der Waals surface area contributed by atoms with Crippen molar-refractivity contribution >= 4 is 5.91 Å². The highest BCUT2D eigenvalue weighted by molar-refractivity contribution is 5.73. The highest BCUT2D eigenvalue weighted by Gasteiger charge is 2.44. The van der Waals surface area contributed by atoms with E-state index in [1.54, 1.807) is 6.92 Å². The third-order valence-electron chi connectivity index (χ3n) is 5.44. The zero-order chi connectivity index (χ0) is 14.7. The van der Waals surface area contributed by atoms with Crippen LogP contribution in [0.15, 0.2) is 30.3 Å². The summed E-state index contributed by atoms with van der Waals surface area (Å²) in [6, 6.07) is 10.9. The second-order valence-electron chi connectivity index (χ2n) is 6.59. The smallest absolute Gasteiger partial charge is 0.219 e. The Labute approximate surface area is 127 Å². The van der Waals surface area contributed by atoms with Gasteiger partial charge >= 0.3 is 0 Å². The number of carbonyl (C=O) groups excluding carboxylic acids is 1. The Kier molecular flexibility index (Phi) is 4.29. The molecule has 0 spiro atoms. The number of rotatable bonds is 2. The monoisotopic (exact) mass is 286 g/mol. The molecule has 3 heteroatoms. The molecule has 21 heavy (non-hydrogen) atoms. The van der Waals surface area contributed by atoms with Crippen molar-refractivity contribution in [3.05, 3.63) is 35.9 Å². The van der Waals surface area contributed by atoms with E-state index in [1.807, 2.05) is 0 Å². The van der Waals surface area contributed by atoms with E-state index in [0.717, 1.165) is 32.6 Å². The molecular formula is C18H26N2O. The lowest BCUT2D eigenvalue weighted by atomic mass is 9.63. The Hall–Kier alpha value is -1.35. The number of nitrogens with one attached hydrogen (secondary N) is 1. The third-order valence-corrected chi connectivity index (χ3v) is 5.44. The fourth-order valence-electron chi connectivity index (χ4n) is 4.30. The fraction of sp³-hybridized carbons (Fsp3) is 0.611. The van der Waals surface area contributed by atoms with Crippen LogP contribution in [-0.2, 0) is 10.2 Å². The topological polar surface area (TPSA) is 32.3 Å². The molecule has 0 aliphatic carbocycles. The molecule has 114 valence electrons.